The number of hydrogen-bond acceptors (Lipinski definition) is 5. The summed E-state index contributed by atoms with van der Waals surface area (Å²) in [6, 6.07) is 14.0. The summed E-state index contributed by atoms with van der Waals surface area (Å²) in [4.78, 5) is 19.5. The Morgan fingerprint density at radius 2 is 1.72 bits per heavy atom. The number of fused-ring (bicyclic) bond motifs is 1. The number of H-pyrrole nitrogens is 1. The number of para-hydroxylation sites is 1. The highest BCUT2D eigenvalue weighted by Crippen LogP contribution is 2.30. The molecule has 5 rings (SSSR count). The average Bonchev–Trinajstić information content (AvgIpc) is 3.41. The first-order valence-electron chi connectivity index (χ1n) is 9.41. The fourth-order valence-electron chi connectivity index (χ4n) is 3.23. The van der Waals surface area contributed by atoms with E-state index in [1.54, 1.807) is 4.68 Å². The number of hydrogen-bond donors (Lipinski definition) is 2. The van der Waals surface area contributed by atoms with Crippen molar-refractivity contribution < 1.29 is 13.2 Å². The smallest absolute Gasteiger partial charge is 0.323 e. The molecule has 0 aliphatic rings. The normalized spacial score (nSPS) is 11.7. The molecule has 0 fully saturated rings. The van der Waals surface area contributed by atoms with Crippen molar-refractivity contribution in [3.63, 3.8) is 0 Å². The van der Waals surface area contributed by atoms with Gasteiger partial charge in [-0.25, -0.2) is 9.36 Å². The molecule has 0 aliphatic heterocycles. The third-order valence-corrected chi connectivity index (χ3v) is 4.72. The molecule has 0 aliphatic carbocycles. The third-order valence-electron chi connectivity index (χ3n) is 4.72. The molecule has 0 radical (unpaired) electrons. The summed E-state index contributed by atoms with van der Waals surface area (Å²) in [5, 5.41) is 11.6. The van der Waals surface area contributed by atoms with Crippen LogP contribution in [0.15, 0.2) is 78.0 Å². The van der Waals surface area contributed by atoms with Gasteiger partial charge in [0.05, 0.1) is 41.2 Å². The Balaban J connectivity index is 1.47. The van der Waals surface area contributed by atoms with E-state index < -0.39 is 11.7 Å². The number of aromatic amines is 1. The molecule has 11 heteroatoms. The zero-order chi connectivity index (χ0) is 22.3. The van der Waals surface area contributed by atoms with E-state index >= 15 is 0 Å². The van der Waals surface area contributed by atoms with E-state index in [1.165, 1.54) is 35.4 Å². The van der Waals surface area contributed by atoms with Gasteiger partial charge in [0, 0.05) is 0 Å². The second-order valence-electron chi connectivity index (χ2n) is 6.89. The summed E-state index contributed by atoms with van der Waals surface area (Å²) in [6.45, 7) is 0. The molecule has 0 saturated carbocycles. The molecule has 0 atom stereocenters. The second kappa shape index (κ2) is 7.38. The van der Waals surface area contributed by atoms with Crippen LogP contribution in [0.5, 0.6) is 0 Å². The predicted octanol–water partition coefficient (Wildman–Crippen LogP) is 4.06. The van der Waals surface area contributed by atoms with Gasteiger partial charge in [-0.2, -0.15) is 28.4 Å². The Labute approximate surface area is 178 Å². The van der Waals surface area contributed by atoms with Gasteiger partial charge in [0.1, 0.15) is 5.39 Å². The molecule has 8 nitrogen and oxygen atoms in total. The van der Waals surface area contributed by atoms with Gasteiger partial charge in [-0.15, -0.1) is 0 Å². The topological polar surface area (TPSA) is 93.4 Å². The van der Waals surface area contributed by atoms with Crippen LogP contribution in [0.1, 0.15) is 5.56 Å². The molecule has 2 N–H and O–H groups in total. The molecule has 0 bridgehead atoms. The van der Waals surface area contributed by atoms with Crippen molar-refractivity contribution >= 4 is 22.7 Å². The Morgan fingerprint density at radius 3 is 2.50 bits per heavy atom. The van der Waals surface area contributed by atoms with Crippen molar-refractivity contribution in [1.29, 1.82) is 0 Å². The lowest BCUT2D eigenvalue weighted by molar-refractivity contribution is -0.137. The van der Waals surface area contributed by atoms with E-state index in [2.05, 4.69) is 25.5 Å². The molecule has 3 aromatic heterocycles. The van der Waals surface area contributed by atoms with Gasteiger partial charge >= 0.3 is 6.18 Å². The van der Waals surface area contributed by atoms with Gasteiger partial charge in [0.2, 0.25) is 5.95 Å². The van der Waals surface area contributed by atoms with Crippen LogP contribution >= 0.6 is 0 Å². The molecule has 160 valence electrons. The first-order chi connectivity index (χ1) is 15.4. The van der Waals surface area contributed by atoms with E-state index in [9.17, 15) is 18.0 Å². The fraction of sp³-hybridized carbons (Fsp3) is 0.0476. The lowest BCUT2D eigenvalue weighted by Gasteiger charge is -2.08. The highest BCUT2D eigenvalue weighted by Gasteiger charge is 2.30. The van der Waals surface area contributed by atoms with Crippen LogP contribution in [0.25, 0.3) is 22.4 Å². The summed E-state index contributed by atoms with van der Waals surface area (Å²) in [7, 11) is 0. The van der Waals surface area contributed by atoms with E-state index in [0.29, 0.717) is 16.7 Å². The van der Waals surface area contributed by atoms with Crippen molar-refractivity contribution in [3.8, 4) is 11.4 Å². The van der Waals surface area contributed by atoms with Gasteiger partial charge in [-0.1, -0.05) is 24.3 Å². The SMILES string of the molecule is O=c1[nH]c(Nc2cnn(-c3cccc(C(F)(F)F)c3)c2)nc2c1cnn2-c1ccccc1. The minimum Gasteiger partial charge on any atom is -0.323 e. The monoisotopic (exact) mass is 437 g/mol. The maximum Gasteiger partial charge on any atom is 0.416 e. The van der Waals surface area contributed by atoms with E-state index in [-0.39, 0.29) is 17.2 Å². The molecule has 0 amide bonds. The highest BCUT2D eigenvalue weighted by molar-refractivity contribution is 5.76. The van der Waals surface area contributed by atoms with Crippen molar-refractivity contribution in [2.45, 2.75) is 6.18 Å². The molecule has 32 heavy (non-hydrogen) atoms. The lowest BCUT2D eigenvalue weighted by Crippen LogP contribution is -2.11. The minimum absolute atomic E-state index is 0.142. The van der Waals surface area contributed by atoms with Crippen LogP contribution in [0.3, 0.4) is 0 Å². The number of benzene rings is 2. The van der Waals surface area contributed by atoms with Gasteiger partial charge in [-0.3, -0.25) is 9.78 Å². The Kier molecular flexibility index (Phi) is 4.51. The molecular formula is C21H14F3N7O. The van der Waals surface area contributed by atoms with Crippen LogP contribution < -0.4 is 10.9 Å². The van der Waals surface area contributed by atoms with E-state index in [1.807, 2.05) is 30.3 Å². The molecule has 5 aromatic rings. The van der Waals surface area contributed by atoms with Crippen molar-refractivity contribution in [2.75, 3.05) is 5.32 Å². The van der Waals surface area contributed by atoms with Crippen LogP contribution in [0.2, 0.25) is 0 Å². The maximum absolute atomic E-state index is 13.0. The molecule has 0 spiro atoms. The van der Waals surface area contributed by atoms with Gasteiger partial charge in [0.25, 0.3) is 5.56 Å². The van der Waals surface area contributed by atoms with Gasteiger partial charge in [0.15, 0.2) is 5.65 Å². The van der Waals surface area contributed by atoms with E-state index in [4.69, 9.17) is 0 Å². The van der Waals surface area contributed by atoms with Crippen LogP contribution in [-0.4, -0.2) is 29.5 Å². The number of rotatable bonds is 4. The number of nitrogens with zero attached hydrogens (tertiary/aromatic N) is 5. The van der Waals surface area contributed by atoms with Crippen LogP contribution in [-0.2, 0) is 6.18 Å². The molecule has 3 heterocycles. The third kappa shape index (κ3) is 3.60. The van der Waals surface area contributed by atoms with Crippen LogP contribution in [0, 0.1) is 0 Å². The number of nitrogens with one attached hydrogen (secondary N) is 2. The molecular weight excluding hydrogens is 423 g/mol. The zero-order valence-corrected chi connectivity index (χ0v) is 16.2. The fourth-order valence-corrected chi connectivity index (χ4v) is 3.23. The first-order valence-corrected chi connectivity index (χ1v) is 9.41. The number of alkyl halides is 3. The quantitative estimate of drug-likeness (QED) is 0.442. The molecule has 0 saturated heterocycles. The van der Waals surface area contributed by atoms with E-state index in [0.717, 1.165) is 17.8 Å². The highest BCUT2D eigenvalue weighted by atomic mass is 19.4. The van der Waals surface area contributed by atoms with Crippen molar-refractivity contribution in [3.05, 3.63) is 89.1 Å². The standard InChI is InChI=1S/C21H14F3N7O/c22-21(23,24)13-5-4-8-16(9-13)30-12-14(10-25-30)27-20-28-18-17(19(32)29-20)11-26-31(18)15-6-2-1-3-7-15/h1-12H,(H2,27,28,29,32). The van der Waals surface area contributed by atoms with Crippen LogP contribution in [0.4, 0.5) is 24.8 Å². The summed E-state index contributed by atoms with van der Waals surface area (Å²) in [5.74, 6) is 0.142. The predicted molar refractivity (Wildman–Crippen MR) is 111 cm³/mol. The van der Waals surface area contributed by atoms with Crippen molar-refractivity contribution in [2.24, 2.45) is 0 Å². The van der Waals surface area contributed by atoms with Crippen molar-refractivity contribution in [1.82, 2.24) is 29.5 Å². The summed E-state index contributed by atoms with van der Waals surface area (Å²) in [6.07, 6.45) is -0.110. The Morgan fingerprint density at radius 1 is 0.938 bits per heavy atom. The minimum atomic E-state index is -4.45. The number of anilines is 2. The number of halogens is 3. The lowest BCUT2D eigenvalue weighted by atomic mass is 10.2. The summed E-state index contributed by atoms with van der Waals surface area (Å²) < 4.78 is 41.8. The Hall–Kier alpha value is -4.41. The zero-order valence-electron chi connectivity index (χ0n) is 16.2. The maximum atomic E-state index is 13.0. The van der Waals surface area contributed by atoms with Gasteiger partial charge in [-0.05, 0) is 30.3 Å². The summed E-state index contributed by atoms with van der Waals surface area (Å²) in [5.41, 5.74) is 0.606. The first kappa shape index (κ1) is 19.5. The summed E-state index contributed by atoms with van der Waals surface area (Å²) >= 11 is 0. The van der Waals surface area contributed by atoms with Gasteiger partial charge < -0.3 is 5.32 Å². The molecule has 2 aromatic carbocycles. The Bertz CT molecular complexity index is 1470. The average molecular weight is 437 g/mol. The number of aromatic nitrogens is 6. The largest absolute Gasteiger partial charge is 0.416 e. The molecule has 0 unspecified atom stereocenters. The second-order valence-corrected chi connectivity index (χ2v) is 6.89.